The third kappa shape index (κ3) is 3.78. The van der Waals surface area contributed by atoms with Crippen molar-refractivity contribution in [1.29, 1.82) is 0 Å². The average molecular weight is 314 g/mol. The molecule has 1 N–H and O–H groups in total. The molecule has 1 aliphatic heterocycles. The fourth-order valence-electron chi connectivity index (χ4n) is 2.62. The van der Waals surface area contributed by atoms with Crippen LogP contribution in [0.15, 0.2) is 15.8 Å². The number of aromatic amines is 1. The standard InChI is InChI=1S/C14H22N2O4S/c1-8(2)4-11-10(19-7-21)5-12(20-11)16-6-9(3)13(17)15-14(16)18/h6,8,10-12,21H,4-5,7H2,1-3H3,(H,15,17,18). The van der Waals surface area contributed by atoms with Gasteiger partial charge in [-0.3, -0.25) is 14.3 Å². The van der Waals surface area contributed by atoms with Crippen LogP contribution in [-0.4, -0.2) is 27.7 Å². The number of ether oxygens (including phenoxy) is 2. The van der Waals surface area contributed by atoms with Crippen LogP contribution in [0.4, 0.5) is 0 Å². The third-order valence-corrected chi connectivity index (χ3v) is 3.78. The van der Waals surface area contributed by atoms with E-state index in [1.807, 2.05) is 0 Å². The Bertz CT molecular complexity index is 595. The smallest absolute Gasteiger partial charge is 0.330 e. The lowest BCUT2D eigenvalue weighted by atomic mass is 10.0. The number of hydrogen-bond acceptors (Lipinski definition) is 5. The van der Waals surface area contributed by atoms with E-state index in [4.69, 9.17) is 9.47 Å². The fraction of sp³-hybridized carbons (Fsp3) is 0.714. The highest BCUT2D eigenvalue weighted by Gasteiger charge is 2.37. The minimum absolute atomic E-state index is 0.0683. The van der Waals surface area contributed by atoms with Gasteiger partial charge >= 0.3 is 5.69 Å². The summed E-state index contributed by atoms with van der Waals surface area (Å²) in [4.78, 5) is 25.7. The molecule has 2 rings (SSSR count). The van der Waals surface area contributed by atoms with Gasteiger partial charge in [0.15, 0.2) is 0 Å². The van der Waals surface area contributed by atoms with Crippen molar-refractivity contribution in [2.75, 3.05) is 5.94 Å². The van der Waals surface area contributed by atoms with Gasteiger partial charge in [0.25, 0.3) is 5.56 Å². The number of nitrogens with one attached hydrogen (secondary N) is 1. The fourth-order valence-corrected chi connectivity index (χ4v) is 2.81. The summed E-state index contributed by atoms with van der Waals surface area (Å²) in [5, 5.41) is 0. The van der Waals surface area contributed by atoms with Gasteiger partial charge in [-0.25, -0.2) is 4.79 Å². The van der Waals surface area contributed by atoms with Crippen molar-refractivity contribution < 1.29 is 9.47 Å². The summed E-state index contributed by atoms with van der Waals surface area (Å²) in [6.45, 7) is 5.90. The monoisotopic (exact) mass is 314 g/mol. The van der Waals surface area contributed by atoms with Crippen molar-refractivity contribution in [3.8, 4) is 0 Å². The average Bonchev–Trinajstić information content (AvgIpc) is 2.76. The number of thiol groups is 1. The minimum atomic E-state index is -0.453. The molecule has 1 aromatic heterocycles. The van der Waals surface area contributed by atoms with E-state index in [0.717, 1.165) is 6.42 Å². The van der Waals surface area contributed by atoms with Gasteiger partial charge in [-0.05, 0) is 19.3 Å². The molecule has 0 spiro atoms. The van der Waals surface area contributed by atoms with Gasteiger partial charge in [0.05, 0.1) is 18.1 Å². The highest BCUT2D eigenvalue weighted by molar-refractivity contribution is 7.80. The molecule has 0 aliphatic carbocycles. The first-order chi connectivity index (χ1) is 9.92. The van der Waals surface area contributed by atoms with Crippen molar-refractivity contribution in [3.63, 3.8) is 0 Å². The summed E-state index contributed by atoms with van der Waals surface area (Å²) < 4.78 is 13.0. The van der Waals surface area contributed by atoms with Gasteiger partial charge in [0.1, 0.15) is 6.23 Å². The number of rotatable bonds is 5. The van der Waals surface area contributed by atoms with E-state index < -0.39 is 11.9 Å². The summed E-state index contributed by atoms with van der Waals surface area (Å²) in [5.74, 6) is 0.781. The summed E-state index contributed by atoms with van der Waals surface area (Å²) >= 11 is 4.10. The number of nitrogens with zero attached hydrogens (tertiary/aromatic N) is 1. The molecule has 7 heteroatoms. The Morgan fingerprint density at radius 2 is 2.24 bits per heavy atom. The van der Waals surface area contributed by atoms with Gasteiger partial charge in [0.2, 0.25) is 0 Å². The quantitative estimate of drug-likeness (QED) is 0.637. The van der Waals surface area contributed by atoms with Gasteiger partial charge in [-0.1, -0.05) is 13.8 Å². The first-order valence-corrected chi connectivity index (χ1v) is 7.75. The third-order valence-electron chi connectivity index (χ3n) is 3.63. The van der Waals surface area contributed by atoms with Crippen LogP contribution in [0.25, 0.3) is 0 Å². The molecule has 0 radical (unpaired) electrons. The SMILES string of the molecule is Cc1cn(C2CC(OCS)C(CC(C)C)O2)c(=O)[nH]c1=O. The summed E-state index contributed by atoms with van der Waals surface area (Å²) in [7, 11) is 0. The molecule has 0 saturated carbocycles. The van der Waals surface area contributed by atoms with E-state index in [0.29, 0.717) is 23.8 Å². The van der Waals surface area contributed by atoms with Gasteiger partial charge in [-0.15, -0.1) is 0 Å². The number of aromatic nitrogens is 2. The molecule has 0 bridgehead atoms. The van der Waals surface area contributed by atoms with Crippen LogP contribution in [0.5, 0.6) is 0 Å². The van der Waals surface area contributed by atoms with Gasteiger partial charge < -0.3 is 9.47 Å². The van der Waals surface area contributed by atoms with Gasteiger partial charge in [0, 0.05) is 18.2 Å². The molecule has 3 unspecified atom stereocenters. The maximum atomic E-state index is 11.9. The maximum Gasteiger partial charge on any atom is 0.330 e. The Labute approximate surface area is 128 Å². The molecule has 1 saturated heterocycles. The van der Waals surface area contributed by atoms with Crippen molar-refractivity contribution in [2.45, 2.75) is 52.0 Å². The summed E-state index contributed by atoms with van der Waals surface area (Å²) in [6, 6.07) is 0. The zero-order valence-electron chi connectivity index (χ0n) is 12.5. The topological polar surface area (TPSA) is 73.3 Å². The Morgan fingerprint density at radius 1 is 1.52 bits per heavy atom. The van der Waals surface area contributed by atoms with E-state index in [-0.39, 0.29) is 17.8 Å². The van der Waals surface area contributed by atoms with E-state index in [1.54, 1.807) is 13.1 Å². The molecular formula is C14H22N2O4S. The zero-order chi connectivity index (χ0) is 15.6. The summed E-state index contributed by atoms with van der Waals surface area (Å²) in [5.41, 5.74) is -0.335. The normalized spacial score (nSPS) is 25.7. The van der Waals surface area contributed by atoms with Crippen LogP contribution < -0.4 is 11.2 Å². The Balaban J connectivity index is 2.24. The van der Waals surface area contributed by atoms with Crippen molar-refractivity contribution in [1.82, 2.24) is 9.55 Å². The second kappa shape index (κ2) is 6.81. The molecule has 1 fully saturated rings. The molecule has 2 heterocycles. The van der Waals surface area contributed by atoms with Crippen LogP contribution in [0.1, 0.15) is 38.5 Å². The zero-order valence-corrected chi connectivity index (χ0v) is 13.4. The Kier molecular flexibility index (Phi) is 5.29. The highest BCUT2D eigenvalue weighted by Crippen LogP contribution is 2.33. The molecular weight excluding hydrogens is 292 g/mol. The van der Waals surface area contributed by atoms with Crippen LogP contribution >= 0.6 is 12.6 Å². The van der Waals surface area contributed by atoms with Crippen molar-refractivity contribution >= 4 is 12.6 Å². The van der Waals surface area contributed by atoms with Crippen molar-refractivity contribution in [2.24, 2.45) is 5.92 Å². The lowest BCUT2D eigenvalue weighted by molar-refractivity contribution is -0.0400. The largest absolute Gasteiger partial charge is 0.365 e. The predicted octanol–water partition coefficient (Wildman–Crippen LogP) is 1.45. The molecule has 21 heavy (non-hydrogen) atoms. The lowest BCUT2D eigenvalue weighted by Gasteiger charge is -2.19. The van der Waals surface area contributed by atoms with Crippen LogP contribution in [0.3, 0.4) is 0 Å². The highest BCUT2D eigenvalue weighted by atomic mass is 32.1. The molecule has 0 aromatic carbocycles. The lowest BCUT2D eigenvalue weighted by Crippen LogP contribution is -2.33. The maximum absolute atomic E-state index is 11.9. The molecule has 1 aliphatic rings. The number of H-pyrrole nitrogens is 1. The Morgan fingerprint density at radius 3 is 2.86 bits per heavy atom. The van der Waals surface area contributed by atoms with Crippen LogP contribution in [-0.2, 0) is 9.47 Å². The van der Waals surface area contributed by atoms with E-state index >= 15 is 0 Å². The minimum Gasteiger partial charge on any atom is -0.365 e. The van der Waals surface area contributed by atoms with Crippen LogP contribution in [0, 0.1) is 12.8 Å². The van der Waals surface area contributed by atoms with Crippen molar-refractivity contribution in [3.05, 3.63) is 32.6 Å². The molecule has 6 nitrogen and oxygen atoms in total. The van der Waals surface area contributed by atoms with E-state index in [2.05, 4.69) is 31.5 Å². The van der Waals surface area contributed by atoms with Gasteiger partial charge in [-0.2, -0.15) is 12.6 Å². The molecule has 0 amide bonds. The molecule has 1 aromatic rings. The first-order valence-electron chi connectivity index (χ1n) is 7.12. The second-order valence-electron chi connectivity index (χ2n) is 5.81. The molecule has 3 atom stereocenters. The van der Waals surface area contributed by atoms with E-state index in [9.17, 15) is 9.59 Å². The Hall–Kier alpha value is -1.05. The number of aryl methyl sites for hydroxylation is 1. The molecule has 118 valence electrons. The van der Waals surface area contributed by atoms with E-state index in [1.165, 1.54) is 4.57 Å². The number of hydrogen-bond donors (Lipinski definition) is 2. The first kappa shape index (κ1) is 16.3. The van der Waals surface area contributed by atoms with Crippen LogP contribution in [0.2, 0.25) is 0 Å². The second-order valence-corrected chi connectivity index (χ2v) is 6.07. The summed E-state index contributed by atoms with van der Waals surface area (Å²) in [6.07, 6.45) is 2.40. The predicted molar refractivity (Wildman–Crippen MR) is 82.8 cm³/mol.